The van der Waals surface area contributed by atoms with E-state index >= 15 is 0 Å². The predicted octanol–water partition coefficient (Wildman–Crippen LogP) is 1.73. The van der Waals surface area contributed by atoms with Crippen LogP contribution in [0.4, 0.5) is 0 Å². The lowest BCUT2D eigenvalue weighted by atomic mass is 10.2. The molecule has 1 aromatic heterocycles. The van der Waals surface area contributed by atoms with Crippen molar-refractivity contribution >= 4 is 0 Å². The fraction of sp³-hybridized carbons (Fsp3) is 0.700. The van der Waals surface area contributed by atoms with Gasteiger partial charge in [-0.3, -0.25) is 0 Å². The number of hydrogen-bond acceptors (Lipinski definition) is 3. The fourth-order valence-electron chi connectivity index (χ4n) is 1.79. The maximum atomic E-state index is 5.68. The van der Waals surface area contributed by atoms with Gasteiger partial charge < -0.3 is 14.0 Å². The number of rotatable bonds is 3. The average Bonchev–Trinajstić information content (AvgIpc) is 2.68. The zero-order chi connectivity index (χ0) is 9.80. The largest absolute Gasteiger partial charge is 0.377 e. The molecule has 1 unspecified atom stereocenters. The topological polar surface area (TPSA) is 36.3 Å². The molecule has 0 spiro atoms. The van der Waals surface area contributed by atoms with Crippen LogP contribution in [0.2, 0.25) is 0 Å². The maximum Gasteiger partial charge on any atom is 0.136 e. The first-order valence-electron chi connectivity index (χ1n) is 5.04. The molecule has 0 aliphatic carbocycles. The van der Waals surface area contributed by atoms with E-state index in [1.165, 1.54) is 12.8 Å². The summed E-state index contributed by atoms with van der Waals surface area (Å²) in [5, 5.41) is 0. The lowest BCUT2D eigenvalue weighted by Gasteiger charge is -2.25. The van der Waals surface area contributed by atoms with Gasteiger partial charge in [-0.1, -0.05) is 0 Å². The molecule has 0 radical (unpaired) electrons. The van der Waals surface area contributed by atoms with E-state index in [-0.39, 0.29) is 6.23 Å². The van der Waals surface area contributed by atoms with Gasteiger partial charge in [0.1, 0.15) is 18.7 Å². The van der Waals surface area contributed by atoms with E-state index in [0.29, 0.717) is 6.61 Å². The third-order valence-corrected chi connectivity index (χ3v) is 2.49. The molecule has 1 fully saturated rings. The first kappa shape index (κ1) is 9.68. The Morgan fingerprint density at radius 3 is 3.29 bits per heavy atom. The van der Waals surface area contributed by atoms with Crippen LogP contribution in [0.1, 0.15) is 31.3 Å². The van der Waals surface area contributed by atoms with Crippen molar-refractivity contribution in [1.29, 1.82) is 0 Å². The third-order valence-electron chi connectivity index (χ3n) is 2.49. The van der Waals surface area contributed by atoms with Crippen LogP contribution in [-0.2, 0) is 16.1 Å². The van der Waals surface area contributed by atoms with Crippen molar-refractivity contribution in [1.82, 2.24) is 9.55 Å². The van der Waals surface area contributed by atoms with Crippen LogP contribution < -0.4 is 0 Å². The Hall–Kier alpha value is -0.870. The molecule has 14 heavy (non-hydrogen) atoms. The monoisotopic (exact) mass is 196 g/mol. The third kappa shape index (κ3) is 1.96. The summed E-state index contributed by atoms with van der Waals surface area (Å²) in [5.41, 5.74) is 0. The molecule has 0 bridgehead atoms. The second kappa shape index (κ2) is 4.57. The number of imidazole rings is 1. The summed E-state index contributed by atoms with van der Waals surface area (Å²) in [6.07, 6.45) is 7.40. The highest BCUT2D eigenvalue weighted by Crippen LogP contribution is 2.23. The number of aromatic nitrogens is 2. The normalized spacial score (nSPS) is 22.5. The Bertz CT molecular complexity index is 279. The van der Waals surface area contributed by atoms with Gasteiger partial charge in [0.2, 0.25) is 0 Å². The minimum atomic E-state index is 0.163. The molecule has 1 atom stereocenters. The first-order chi connectivity index (χ1) is 6.92. The molecular weight excluding hydrogens is 180 g/mol. The van der Waals surface area contributed by atoms with Gasteiger partial charge in [-0.15, -0.1) is 0 Å². The molecule has 0 aromatic carbocycles. The van der Waals surface area contributed by atoms with Crippen molar-refractivity contribution in [3.05, 3.63) is 18.2 Å². The van der Waals surface area contributed by atoms with E-state index in [2.05, 4.69) is 9.55 Å². The van der Waals surface area contributed by atoms with Gasteiger partial charge in [-0.2, -0.15) is 0 Å². The Morgan fingerprint density at radius 1 is 1.64 bits per heavy atom. The highest BCUT2D eigenvalue weighted by atomic mass is 16.5. The standard InChI is InChI=1S/C10H16N2O2/c1-13-8-9-11-5-6-12(9)10-4-2-3-7-14-10/h5-6,10H,2-4,7-8H2,1H3. The minimum absolute atomic E-state index is 0.163. The Kier molecular flexibility index (Phi) is 3.16. The van der Waals surface area contributed by atoms with Gasteiger partial charge in [0.15, 0.2) is 0 Å². The zero-order valence-corrected chi connectivity index (χ0v) is 8.48. The predicted molar refractivity (Wildman–Crippen MR) is 51.8 cm³/mol. The van der Waals surface area contributed by atoms with Crippen molar-refractivity contribution in [2.45, 2.75) is 32.1 Å². The van der Waals surface area contributed by atoms with Gasteiger partial charge in [0.25, 0.3) is 0 Å². The molecule has 1 aliphatic heterocycles. The summed E-state index contributed by atoms with van der Waals surface area (Å²) in [5.74, 6) is 0.944. The van der Waals surface area contributed by atoms with Gasteiger partial charge in [0, 0.05) is 26.1 Å². The average molecular weight is 196 g/mol. The molecule has 2 rings (SSSR count). The van der Waals surface area contributed by atoms with E-state index in [9.17, 15) is 0 Å². The minimum Gasteiger partial charge on any atom is -0.377 e. The molecule has 1 aliphatic rings. The van der Waals surface area contributed by atoms with Crippen LogP contribution in [0.3, 0.4) is 0 Å². The quantitative estimate of drug-likeness (QED) is 0.738. The lowest BCUT2D eigenvalue weighted by Crippen LogP contribution is -2.19. The van der Waals surface area contributed by atoms with Gasteiger partial charge >= 0.3 is 0 Å². The Labute approximate surface area is 83.8 Å². The fourth-order valence-corrected chi connectivity index (χ4v) is 1.79. The van der Waals surface area contributed by atoms with Crippen molar-refractivity contribution < 1.29 is 9.47 Å². The summed E-state index contributed by atoms with van der Waals surface area (Å²) < 4.78 is 12.8. The number of ether oxygens (including phenoxy) is 2. The lowest BCUT2D eigenvalue weighted by molar-refractivity contribution is -0.0357. The zero-order valence-electron chi connectivity index (χ0n) is 8.48. The molecule has 0 amide bonds. The summed E-state index contributed by atoms with van der Waals surface area (Å²) >= 11 is 0. The maximum absolute atomic E-state index is 5.68. The van der Waals surface area contributed by atoms with Crippen molar-refractivity contribution in [3.8, 4) is 0 Å². The molecule has 4 nitrogen and oxygen atoms in total. The van der Waals surface area contributed by atoms with E-state index in [4.69, 9.17) is 9.47 Å². The molecule has 1 aromatic rings. The van der Waals surface area contributed by atoms with E-state index in [1.54, 1.807) is 13.3 Å². The van der Waals surface area contributed by atoms with Crippen molar-refractivity contribution in [2.75, 3.05) is 13.7 Å². The molecule has 78 valence electrons. The summed E-state index contributed by atoms with van der Waals surface area (Å²) in [6, 6.07) is 0. The number of hydrogen-bond donors (Lipinski definition) is 0. The molecular formula is C10H16N2O2. The number of methoxy groups -OCH3 is 1. The van der Waals surface area contributed by atoms with Crippen LogP contribution in [0.5, 0.6) is 0 Å². The van der Waals surface area contributed by atoms with Gasteiger partial charge in [0.05, 0.1) is 0 Å². The molecule has 1 saturated heterocycles. The second-order valence-corrected chi connectivity index (χ2v) is 3.50. The summed E-state index contributed by atoms with van der Waals surface area (Å²) in [4.78, 5) is 4.24. The SMILES string of the molecule is COCc1nccn1C1CCCCO1. The highest BCUT2D eigenvalue weighted by molar-refractivity contribution is 4.92. The summed E-state index contributed by atoms with van der Waals surface area (Å²) in [7, 11) is 1.68. The van der Waals surface area contributed by atoms with E-state index < -0.39 is 0 Å². The van der Waals surface area contributed by atoms with Crippen LogP contribution >= 0.6 is 0 Å². The Morgan fingerprint density at radius 2 is 2.57 bits per heavy atom. The van der Waals surface area contributed by atoms with Crippen LogP contribution in [0.25, 0.3) is 0 Å². The molecule has 2 heterocycles. The van der Waals surface area contributed by atoms with Gasteiger partial charge in [-0.25, -0.2) is 4.98 Å². The van der Waals surface area contributed by atoms with E-state index in [1.807, 2.05) is 6.20 Å². The summed E-state index contributed by atoms with van der Waals surface area (Å²) in [6.45, 7) is 1.40. The highest BCUT2D eigenvalue weighted by Gasteiger charge is 2.17. The second-order valence-electron chi connectivity index (χ2n) is 3.50. The molecule has 0 saturated carbocycles. The molecule has 4 heteroatoms. The van der Waals surface area contributed by atoms with Crippen molar-refractivity contribution in [3.63, 3.8) is 0 Å². The van der Waals surface area contributed by atoms with Crippen LogP contribution in [0.15, 0.2) is 12.4 Å². The van der Waals surface area contributed by atoms with Crippen LogP contribution in [-0.4, -0.2) is 23.3 Å². The molecule has 0 N–H and O–H groups in total. The smallest absolute Gasteiger partial charge is 0.136 e. The van der Waals surface area contributed by atoms with Crippen LogP contribution in [0, 0.1) is 0 Å². The van der Waals surface area contributed by atoms with E-state index in [0.717, 1.165) is 18.9 Å². The Balaban J connectivity index is 2.09. The number of nitrogens with zero attached hydrogens (tertiary/aromatic N) is 2. The van der Waals surface area contributed by atoms with Gasteiger partial charge in [-0.05, 0) is 19.3 Å². The first-order valence-corrected chi connectivity index (χ1v) is 5.04. The van der Waals surface area contributed by atoms with Crippen molar-refractivity contribution in [2.24, 2.45) is 0 Å².